The van der Waals surface area contributed by atoms with Crippen LogP contribution in [0.3, 0.4) is 0 Å². The van der Waals surface area contributed by atoms with Crippen LogP contribution in [0.4, 0.5) is 13.2 Å². The lowest BCUT2D eigenvalue weighted by Crippen LogP contribution is -2.21. The zero-order chi connectivity index (χ0) is 9.19. The van der Waals surface area contributed by atoms with Gasteiger partial charge in [0.05, 0.1) is 0 Å². The first-order chi connectivity index (χ1) is 5.49. The number of rotatable bonds is 1. The average Bonchev–Trinajstić information content (AvgIpc) is 1.91. The molecule has 0 heterocycles. The molecule has 0 saturated carbocycles. The van der Waals surface area contributed by atoms with Gasteiger partial charge >= 0.3 is 6.36 Å². The molecule has 5 heteroatoms. The fraction of sp³-hybridized carbons (Fsp3) is 0.143. The molecule has 0 aliphatic heterocycles. The lowest BCUT2D eigenvalue weighted by Gasteiger charge is -2.10. The number of benzene rings is 1. The zero-order valence-electron chi connectivity index (χ0n) is 6.35. The molecule has 12 heavy (non-hydrogen) atoms. The molecule has 1 aromatic rings. The van der Waals surface area contributed by atoms with E-state index in [2.05, 4.69) is 4.74 Å². The summed E-state index contributed by atoms with van der Waals surface area (Å²) in [7, 11) is 1.56. The summed E-state index contributed by atoms with van der Waals surface area (Å²) in [4.78, 5) is 0. The second-order valence-corrected chi connectivity index (χ2v) is 2.31. The molecule has 1 aromatic carbocycles. The normalized spacial score (nSPS) is 11.2. The second kappa shape index (κ2) is 3.09. The molecule has 0 unspecified atom stereocenters. The Labute approximate surface area is 68.6 Å². The van der Waals surface area contributed by atoms with Crippen LogP contribution in [0.15, 0.2) is 24.3 Å². The Kier molecular flexibility index (Phi) is 2.31. The Balaban J connectivity index is 2.83. The molecule has 0 aliphatic carbocycles. The second-order valence-electron chi connectivity index (χ2n) is 2.31. The molecule has 64 valence electrons. The predicted molar refractivity (Wildman–Crippen MR) is 41.3 cm³/mol. The maximum atomic E-state index is 11.7. The van der Waals surface area contributed by atoms with Gasteiger partial charge in [-0.25, -0.2) is 0 Å². The Morgan fingerprint density at radius 2 is 1.75 bits per heavy atom. The van der Waals surface area contributed by atoms with Gasteiger partial charge in [-0.1, -0.05) is 18.2 Å². The van der Waals surface area contributed by atoms with Crippen molar-refractivity contribution < 1.29 is 17.9 Å². The minimum Gasteiger partial charge on any atom is -0.406 e. The van der Waals surface area contributed by atoms with E-state index in [0.717, 1.165) is 0 Å². The molecule has 0 fully saturated rings. The summed E-state index contributed by atoms with van der Waals surface area (Å²) in [5.74, 6) is -0.148. The van der Waals surface area contributed by atoms with Crippen molar-refractivity contribution in [3.05, 3.63) is 24.3 Å². The van der Waals surface area contributed by atoms with Crippen LogP contribution >= 0.6 is 0 Å². The highest BCUT2D eigenvalue weighted by Crippen LogP contribution is 2.19. The van der Waals surface area contributed by atoms with E-state index in [1.165, 1.54) is 12.1 Å². The first-order valence-electron chi connectivity index (χ1n) is 3.30. The van der Waals surface area contributed by atoms with Crippen molar-refractivity contribution in [2.24, 2.45) is 0 Å². The van der Waals surface area contributed by atoms with E-state index < -0.39 is 6.36 Å². The summed E-state index contributed by atoms with van der Waals surface area (Å²) >= 11 is 0. The van der Waals surface area contributed by atoms with Gasteiger partial charge in [0.25, 0.3) is 0 Å². The largest absolute Gasteiger partial charge is 0.573 e. The zero-order valence-corrected chi connectivity index (χ0v) is 6.35. The van der Waals surface area contributed by atoms with Crippen molar-refractivity contribution in [1.82, 2.24) is 0 Å². The Morgan fingerprint density at radius 3 is 2.25 bits per heavy atom. The first kappa shape index (κ1) is 8.97. The number of ether oxygens (including phenoxy) is 1. The quantitative estimate of drug-likeness (QED) is 0.573. The van der Waals surface area contributed by atoms with Crippen molar-refractivity contribution in [2.45, 2.75) is 6.36 Å². The van der Waals surface area contributed by atoms with Gasteiger partial charge in [-0.15, -0.1) is 13.2 Å². The SMILES string of the molecule is Bc1ccccc1OC(F)(F)F. The van der Waals surface area contributed by atoms with Gasteiger partial charge in [0.2, 0.25) is 0 Å². The fourth-order valence-corrected chi connectivity index (χ4v) is 0.796. The standard InChI is InChI=1S/C7H6BF3O/c8-5-3-1-2-4-6(5)12-7(9,10)11/h1-4H,8H2. The molecule has 0 radical (unpaired) electrons. The topological polar surface area (TPSA) is 9.23 Å². The van der Waals surface area contributed by atoms with Crippen LogP contribution in [0, 0.1) is 0 Å². The molecule has 1 nitrogen and oxygen atoms in total. The highest BCUT2D eigenvalue weighted by Gasteiger charge is 2.31. The van der Waals surface area contributed by atoms with E-state index in [1.807, 2.05) is 0 Å². The molecule has 0 amide bonds. The first-order valence-corrected chi connectivity index (χ1v) is 3.30. The molecule has 1 rings (SSSR count). The molecule has 0 aliphatic rings. The van der Waals surface area contributed by atoms with Gasteiger partial charge in [0.15, 0.2) is 0 Å². The number of alkyl halides is 3. The summed E-state index contributed by atoms with van der Waals surface area (Å²) in [5.41, 5.74) is 0.467. The Morgan fingerprint density at radius 1 is 1.17 bits per heavy atom. The number of para-hydroxylation sites is 1. The summed E-state index contributed by atoms with van der Waals surface area (Å²) in [6.07, 6.45) is -4.61. The number of halogens is 3. The van der Waals surface area contributed by atoms with Crippen molar-refractivity contribution in [3.8, 4) is 5.75 Å². The number of hydrogen-bond acceptors (Lipinski definition) is 1. The molecular weight excluding hydrogens is 168 g/mol. The maximum Gasteiger partial charge on any atom is 0.573 e. The van der Waals surface area contributed by atoms with Crippen molar-refractivity contribution in [1.29, 1.82) is 0 Å². The van der Waals surface area contributed by atoms with Crippen LogP contribution in [0.2, 0.25) is 0 Å². The molecule has 0 N–H and O–H groups in total. The van der Waals surface area contributed by atoms with Crippen LogP contribution in [0.25, 0.3) is 0 Å². The van der Waals surface area contributed by atoms with Crippen molar-refractivity contribution >= 4 is 13.3 Å². The van der Waals surface area contributed by atoms with Crippen molar-refractivity contribution in [3.63, 3.8) is 0 Å². The van der Waals surface area contributed by atoms with E-state index in [-0.39, 0.29) is 5.75 Å². The van der Waals surface area contributed by atoms with E-state index in [9.17, 15) is 13.2 Å². The summed E-state index contributed by atoms with van der Waals surface area (Å²) in [6, 6.07) is 5.98. The van der Waals surface area contributed by atoms with Crippen molar-refractivity contribution in [2.75, 3.05) is 0 Å². The minimum absolute atomic E-state index is 0.148. The molecule has 0 atom stereocenters. The third-order valence-electron chi connectivity index (χ3n) is 1.32. The predicted octanol–water partition coefficient (Wildman–Crippen LogP) is 0.844. The third kappa shape index (κ3) is 2.49. The van der Waals surface area contributed by atoms with Crippen LogP contribution < -0.4 is 10.2 Å². The van der Waals surface area contributed by atoms with E-state index in [0.29, 0.717) is 5.46 Å². The van der Waals surface area contributed by atoms with E-state index in [1.54, 1.807) is 20.0 Å². The van der Waals surface area contributed by atoms with E-state index in [4.69, 9.17) is 0 Å². The van der Waals surface area contributed by atoms with Crippen LogP contribution in [0.1, 0.15) is 0 Å². The average molecular weight is 174 g/mol. The Bertz CT molecular complexity index is 272. The van der Waals surface area contributed by atoms with Gasteiger partial charge < -0.3 is 4.74 Å². The summed E-state index contributed by atoms with van der Waals surface area (Å²) in [5, 5.41) is 0. The monoisotopic (exact) mass is 174 g/mol. The lowest BCUT2D eigenvalue weighted by atomic mass is 9.95. The highest BCUT2D eigenvalue weighted by molar-refractivity contribution is 6.34. The van der Waals surface area contributed by atoms with Gasteiger partial charge in [-0.05, 0) is 11.5 Å². The van der Waals surface area contributed by atoms with Gasteiger partial charge in [-0.3, -0.25) is 0 Å². The van der Waals surface area contributed by atoms with E-state index >= 15 is 0 Å². The smallest absolute Gasteiger partial charge is 0.406 e. The molecule has 0 aromatic heterocycles. The van der Waals surface area contributed by atoms with Crippen LogP contribution in [0.5, 0.6) is 5.75 Å². The third-order valence-corrected chi connectivity index (χ3v) is 1.32. The van der Waals surface area contributed by atoms with Gasteiger partial charge in [0.1, 0.15) is 13.6 Å². The molecule has 0 saturated heterocycles. The molecular formula is C7H6BF3O. The fourth-order valence-electron chi connectivity index (χ4n) is 0.796. The number of hydrogen-bond donors (Lipinski definition) is 0. The maximum absolute atomic E-state index is 11.7. The summed E-state index contributed by atoms with van der Waals surface area (Å²) in [6.45, 7) is 0. The van der Waals surface area contributed by atoms with Gasteiger partial charge in [0, 0.05) is 0 Å². The lowest BCUT2D eigenvalue weighted by molar-refractivity contribution is -0.274. The highest BCUT2D eigenvalue weighted by atomic mass is 19.4. The van der Waals surface area contributed by atoms with Crippen LogP contribution in [-0.2, 0) is 0 Å². The Hall–Kier alpha value is -1.13. The minimum atomic E-state index is -4.61. The summed E-state index contributed by atoms with van der Waals surface area (Å²) < 4.78 is 38.8. The molecule has 0 bridgehead atoms. The van der Waals surface area contributed by atoms with Crippen LogP contribution in [-0.4, -0.2) is 14.2 Å². The molecule has 0 spiro atoms. The van der Waals surface area contributed by atoms with Gasteiger partial charge in [-0.2, -0.15) is 0 Å².